The molecule has 0 aliphatic carbocycles. The fraction of sp³-hybridized carbons (Fsp3) is 0.175. The molecule has 0 fully saturated rings. The fourth-order valence-electron chi connectivity index (χ4n) is 5.06. The largest absolute Gasteiger partial charge is 0.485 e. The first kappa shape index (κ1) is 34.3. The van der Waals surface area contributed by atoms with E-state index in [1.54, 1.807) is 18.2 Å². The Morgan fingerprint density at radius 1 is 0.510 bits per heavy atom. The number of rotatable bonds is 16. The molecule has 5 aromatic rings. The minimum atomic E-state index is -1.30. The number of hydrogen-bond acceptors (Lipinski definition) is 6. The zero-order valence-electron chi connectivity index (χ0n) is 26.9. The van der Waals surface area contributed by atoms with Gasteiger partial charge >= 0.3 is 12.1 Å². The number of carboxylic acids is 1. The van der Waals surface area contributed by atoms with E-state index in [9.17, 15) is 19.5 Å². The third-order valence-electron chi connectivity index (χ3n) is 7.64. The van der Waals surface area contributed by atoms with E-state index in [2.05, 4.69) is 10.6 Å². The van der Waals surface area contributed by atoms with Crippen molar-refractivity contribution in [3.8, 4) is 11.5 Å². The molecule has 0 aliphatic heterocycles. The van der Waals surface area contributed by atoms with Gasteiger partial charge in [0, 0.05) is 12.8 Å². The lowest BCUT2D eigenvalue weighted by Gasteiger charge is -2.22. The zero-order chi connectivity index (χ0) is 34.3. The summed E-state index contributed by atoms with van der Waals surface area (Å²) in [5.41, 5.74) is 4.12. The quantitative estimate of drug-likeness (QED) is 0.111. The summed E-state index contributed by atoms with van der Waals surface area (Å²) in [6.45, 7) is 0.613. The monoisotopic (exact) mass is 658 g/mol. The highest BCUT2D eigenvalue weighted by atomic mass is 16.5. The van der Waals surface area contributed by atoms with Gasteiger partial charge in [-0.2, -0.15) is 0 Å². The van der Waals surface area contributed by atoms with Gasteiger partial charge in [0.1, 0.15) is 31.9 Å². The molecule has 9 nitrogen and oxygen atoms in total. The highest BCUT2D eigenvalue weighted by Gasteiger charge is 2.28. The summed E-state index contributed by atoms with van der Waals surface area (Å²) in [6.07, 6.45) is -0.707. The van der Waals surface area contributed by atoms with Gasteiger partial charge in [0.15, 0.2) is 11.5 Å². The van der Waals surface area contributed by atoms with Gasteiger partial charge < -0.3 is 30.0 Å². The van der Waals surface area contributed by atoms with Crippen molar-refractivity contribution in [2.24, 2.45) is 0 Å². The molecule has 3 N–H and O–H groups in total. The van der Waals surface area contributed by atoms with Crippen molar-refractivity contribution in [2.45, 2.75) is 44.7 Å². The molecule has 9 heteroatoms. The highest BCUT2D eigenvalue weighted by molar-refractivity contribution is 5.89. The van der Waals surface area contributed by atoms with Crippen LogP contribution >= 0.6 is 0 Å². The number of ether oxygens (including phenoxy) is 3. The van der Waals surface area contributed by atoms with Gasteiger partial charge in [-0.3, -0.25) is 4.79 Å². The number of alkyl carbamates (subject to hydrolysis) is 1. The summed E-state index contributed by atoms with van der Waals surface area (Å²) in [4.78, 5) is 38.8. The first-order valence-corrected chi connectivity index (χ1v) is 15.9. The smallest absolute Gasteiger partial charge is 0.408 e. The van der Waals surface area contributed by atoms with E-state index in [4.69, 9.17) is 14.2 Å². The van der Waals surface area contributed by atoms with Crippen molar-refractivity contribution in [3.63, 3.8) is 0 Å². The molecule has 0 aromatic heterocycles. The molecule has 2 atom stereocenters. The summed E-state index contributed by atoms with van der Waals surface area (Å²) >= 11 is 0. The lowest BCUT2D eigenvalue weighted by molar-refractivity contribution is -0.142. The molecule has 0 saturated heterocycles. The maximum atomic E-state index is 13.6. The van der Waals surface area contributed by atoms with Crippen LogP contribution < -0.4 is 20.1 Å². The van der Waals surface area contributed by atoms with Crippen LogP contribution in [0.2, 0.25) is 0 Å². The topological polar surface area (TPSA) is 123 Å². The molecule has 5 aromatic carbocycles. The highest BCUT2D eigenvalue weighted by Crippen LogP contribution is 2.31. The maximum absolute atomic E-state index is 13.6. The van der Waals surface area contributed by atoms with E-state index in [0.29, 0.717) is 23.7 Å². The number of hydrogen-bond donors (Lipinski definition) is 3. The summed E-state index contributed by atoms with van der Waals surface area (Å²) in [5, 5.41) is 15.4. The average Bonchev–Trinajstić information content (AvgIpc) is 3.13. The van der Waals surface area contributed by atoms with Crippen LogP contribution in [0.25, 0.3) is 0 Å². The molecule has 0 heterocycles. The Hall–Kier alpha value is -6.09. The van der Waals surface area contributed by atoms with Gasteiger partial charge in [-0.05, 0) is 39.9 Å². The minimum absolute atomic E-state index is 0.0177. The Labute approximate surface area is 285 Å². The van der Waals surface area contributed by atoms with Crippen LogP contribution in [0.3, 0.4) is 0 Å². The number of amides is 2. The maximum Gasteiger partial charge on any atom is 0.408 e. The van der Waals surface area contributed by atoms with Crippen molar-refractivity contribution < 1.29 is 33.7 Å². The van der Waals surface area contributed by atoms with Crippen molar-refractivity contribution >= 4 is 18.0 Å². The van der Waals surface area contributed by atoms with E-state index in [0.717, 1.165) is 22.3 Å². The van der Waals surface area contributed by atoms with Crippen LogP contribution in [0.5, 0.6) is 11.5 Å². The molecule has 0 unspecified atom stereocenters. The summed E-state index contributed by atoms with van der Waals surface area (Å²) < 4.78 is 17.6. The fourth-order valence-corrected chi connectivity index (χ4v) is 5.06. The molecule has 0 bridgehead atoms. The first-order chi connectivity index (χ1) is 23.9. The second-order valence-corrected chi connectivity index (χ2v) is 11.4. The third kappa shape index (κ3) is 11.0. The number of benzene rings is 5. The standard InChI is InChI=1S/C40H38N2O7/c43-38(34(23-29-13-5-1-6-14-29)42-40(46)49-28-32-19-11-4-12-20-32)41-35(39(44)45)24-33-21-22-36(47-26-30-15-7-2-8-16-30)37(25-33)48-27-31-17-9-3-10-18-31/h1-22,25,34-35H,23-24,26-28H2,(H,41,43)(H,42,46)(H,44,45)/t34-,35+/m1/s1. The second-order valence-electron chi connectivity index (χ2n) is 11.4. The number of carbonyl (C=O) groups is 3. The van der Waals surface area contributed by atoms with Crippen LogP contribution in [-0.2, 0) is 47.0 Å². The number of carbonyl (C=O) groups excluding carboxylic acids is 2. The molecular weight excluding hydrogens is 620 g/mol. The second kappa shape index (κ2) is 17.7. The van der Waals surface area contributed by atoms with Crippen molar-refractivity contribution in [1.82, 2.24) is 10.6 Å². The van der Waals surface area contributed by atoms with Gasteiger partial charge in [0.2, 0.25) is 5.91 Å². The van der Waals surface area contributed by atoms with Crippen molar-refractivity contribution in [1.29, 1.82) is 0 Å². The van der Waals surface area contributed by atoms with Crippen LogP contribution in [-0.4, -0.2) is 35.2 Å². The van der Waals surface area contributed by atoms with E-state index >= 15 is 0 Å². The molecule has 5 rings (SSSR count). The Kier molecular flexibility index (Phi) is 12.4. The molecule has 2 amide bonds. The SMILES string of the molecule is O=C(N[C@H](Cc1ccccc1)C(=O)N[C@@H](Cc1ccc(OCc2ccccc2)c(OCc2ccccc2)c1)C(=O)O)OCc1ccccc1. The molecule has 0 aliphatic rings. The average molecular weight is 659 g/mol. The van der Waals surface area contributed by atoms with Crippen LogP contribution in [0.15, 0.2) is 140 Å². The Morgan fingerprint density at radius 3 is 1.51 bits per heavy atom. The number of aliphatic carboxylic acids is 1. The Morgan fingerprint density at radius 2 is 0.980 bits per heavy atom. The van der Waals surface area contributed by atoms with Crippen molar-refractivity contribution in [2.75, 3.05) is 0 Å². The van der Waals surface area contributed by atoms with Gasteiger partial charge in [0.05, 0.1) is 0 Å². The molecular formula is C40H38N2O7. The zero-order valence-corrected chi connectivity index (χ0v) is 26.9. The molecule has 0 spiro atoms. The normalized spacial score (nSPS) is 11.8. The van der Waals surface area contributed by atoms with Crippen molar-refractivity contribution in [3.05, 3.63) is 167 Å². The van der Waals surface area contributed by atoms with E-state index < -0.39 is 30.1 Å². The molecule has 0 radical (unpaired) electrons. The van der Waals surface area contributed by atoms with E-state index in [1.165, 1.54) is 0 Å². The van der Waals surface area contributed by atoms with Crippen LogP contribution in [0, 0.1) is 0 Å². The minimum Gasteiger partial charge on any atom is -0.485 e. The summed E-state index contributed by atoms with van der Waals surface area (Å²) in [5.74, 6) is -0.941. The number of nitrogens with one attached hydrogen (secondary N) is 2. The predicted molar refractivity (Wildman–Crippen MR) is 185 cm³/mol. The Bertz CT molecular complexity index is 1790. The molecule has 0 saturated carbocycles. The van der Waals surface area contributed by atoms with Gasteiger partial charge in [0.25, 0.3) is 0 Å². The molecule has 49 heavy (non-hydrogen) atoms. The van der Waals surface area contributed by atoms with E-state index in [-0.39, 0.29) is 26.1 Å². The lowest BCUT2D eigenvalue weighted by Crippen LogP contribution is -2.53. The molecule has 250 valence electrons. The van der Waals surface area contributed by atoms with Crippen LogP contribution in [0.1, 0.15) is 27.8 Å². The van der Waals surface area contributed by atoms with Crippen LogP contribution in [0.4, 0.5) is 4.79 Å². The number of carboxylic acid groups (broad SMARTS) is 1. The van der Waals surface area contributed by atoms with E-state index in [1.807, 2.05) is 121 Å². The summed E-state index contributed by atoms with van der Waals surface area (Å²) in [7, 11) is 0. The third-order valence-corrected chi connectivity index (χ3v) is 7.64. The Balaban J connectivity index is 1.29. The predicted octanol–water partition coefficient (Wildman–Crippen LogP) is 6.49. The summed E-state index contributed by atoms with van der Waals surface area (Å²) in [6, 6.07) is 40.5. The lowest BCUT2D eigenvalue weighted by atomic mass is 10.0. The first-order valence-electron chi connectivity index (χ1n) is 15.9. The van der Waals surface area contributed by atoms with Gasteiger partial charge in [-0.1, -0.05) is 127 Å². The van der Waals surface area contributed by atoms with Gasteiger partial charge in [-0.25, -0.2) is 9.59 Å². The van der Waals surface area contributed by atoms with Gasteiger partial charge in [-0.15, -0.1) is 0 Å².